The van der Waals surface area contributed by atoms with E-state index in [0.717, 1.165) is 44.1 Å². The lowest BCUT2D eigenvalue weighted by Gasteiger charge is -2.36. The van der Waals surface area contributed by atoms with Crippen LogP contribution < -0.4 is 0 Å². The van der Waals surface area contributed by atoms with Crippen LogP contribution in [0.15, 0.2) is 24.3 Å². The zero-order valence-corrected chi connectivity index (χ0v) is 17.3. The average Bonchev–Trinajstić information content (AvgIpc) is 2.66. The van der Waals surface area contributed by atoms with Gasteiger partial charge in [-0.05, 0) is 61.1 Å². The van der Waals surface area contributed by atoms with Crippen molar-refractivity contribution in [3.8, 4) is 0 Å². The van der Waals surface area contributed by atoms with E-state index in [4.69, 9.17) is 4.74 Å². The highest BCUT2D eigenvalue weighted by atomic mass is 17.5. The third-order valence-electron chi connectivity index (χ3n) is 5.43. The molecule has 1 saturated carbocycles. The molecule has 1 fully saturated rings. The van der Waals surface area contributed by atoms with Crippen molar-refractivity contribution in [2.45, 2.75) is 72.3 Å². The molecule has 3 atom stereocenters. The minimum atomic E-state index is -0.993. The Balaban J connectivity index is 1.75. The lowest BCUT2D eigenvalue weighted by molar-refractivity contribution is -0.453. The van der Waals surface area contributed by atoms with Crippen LogP contribution in [0.5, 0.6) is 0 Å². The van der Waals surface area contributed by atoms with Gasteiger partial charge in [0.15, 0.2) is 0 Å². The lowest BCUT2D eigenvalue weighted by Crippen LogP contribution is -2.36. The number of rotatable bonds is 8. The third-order valence-corrected chi connectivity index (χ3v) is 5.43. The van der Waals surface area contributed by atoms with Crippen molar-refractivity contribution < 1.29 is 29.1 Å². The molecule has 2 rings (SSSR count). The van der Waals surface area contributed by atoms with Crippen LogP contribution in [0, 0.1) is 17.8 Å². The smallest absolute Gasteiger partial charge is 0.429 e. The Kier molecular flexibility index (Phi) is 8.77. The second kappa shape index (κ2) is 11.1. The number of hydrogen-bond donors (Lipinski definition) is 0. The van der Waals surface area contributed by atoms with Crippen LogP contribution in [-0.2, 0) is 26.0 Å². The summed E-state index contributed by atoms with van der Waals surface area (Å²) in [5, 5.41) is 4.35. The molecule has 6 nitrogen and oxygen atoms in total. The summed E-state index contributed by atoms with van der Waals surface area (Å²) >= 11 is 0. The van der Waals surface area contributed by atoms with Crippen molar-refractivity contribution in [3.05, 3.63) is 35.4 Å². The van der Waals surface area contributed by atoms with Crippen LogP contribution in [0.4, 0.5) is 4.79 Å². The Hall–Kier alpha value is -2.08. The second-order valence-corrected chi connectivity index (χ2v) is 8.06. The van der Waals surface area contributed by atoms with E-state index in [1.807, 2.05) is 12.1 Å². The van der Waals surface area contributed by atoms with Crippen LogP contribution in [-0.4, -0.2) is 18.2 Å². The number of carbonyl (C=O) groups excluding carboxylic acids is 2. The first-order valence-corrected chi connectivity index (χ1v) is 10.3. The summed E-state index contributed by atoms with van der Waals surface area (Å²) in [7, 11) is 0. The van der Waals surface area contributed by atoms with E-state index in [-0.39, 0.29) is 12.0 Å². The fraction of sp³-hybridized carbons (Fsp3) is 0.636. The monoisotopic (exact) mass is 392 g/mol. The molecule has 0 aliphatic heterocycles. The molecule has 156 valence electrons. The number of benzene rings is 1. The first-order valence-electron chi connectivity index (χ1n) is 10.3. The molecular weight excluding hydrogens is 360 g/mol. The van der Waals surface area contributed by atoms with Gasteiger partial charge in [-0.1, -0.05) is 52.7 Å². The number of unbranched alkanes of at least 4 members (excludes halogenated alkanes) is 1. The number of aryl methyl sites for hydroxylation is 1. The van der Waals surface area contributed by atoms with Crippen molar-refractivity contribution in [2.24, 2.45) is 17.8 Å². The second-order valence-electron chi connectivity index (χ2n) is 8.06. The van der Waals surface area contributed by atoms with E-state index in [2.05, 4.69) is 42.5 Å². The Labute approximate surface area is 167 Å². The molecule has 0 saturated heterocycles. The summed E-state index contributed by atoms with van der Waals surface area (Å²) in [6.45, 7) is 8.51. The summed E-state index contributed by atoms with van der Waals surface area (Å²) in [4.78, 5) is 32.9. The molecule has 0 radical (unpaired) electrons. The Morgan fingerprint density at radius 3 is 2.46 bits per heavy atom. The summed E-state index contributed by atoms with van der Waals surface area (Å²) < 4.78 is 5.40. The molecule has 3 unspecified atom stereocenters. The minimum Gasteiger partial charge on any atom is -0.429 e. The van der Waals surface area contributed by atoms with Gasteiger partial charge in [-0.15, -0.1) is 0 Å². The topological polar surface area (TPSA) is 71.1 Å². The van der Waals surface area contributed by atoms with Gasteiger partial charge in [0.2, 0.25) is 0 Å². The Morgan fingerprint density at radius 1 is 1.11 bits per heavy atom. The maximum absolute atomic E-state index is 11.9. The van der Waals surface area contributed by atoms with E-state index >= 15 is 0 Å². The fourth-order valence-electron chi connectivity index (χ4n) is 3.71. The van der Waals surface area contributed by atoms with Crippen molar-refractivity contribution in [2.75, 3.05) is 0 Å². The number of ether oxygens (including phenoxy) is 1. The largest absolute Gasteiger partial charge is 0.543 e. The maximum atomic E-state index is 11.9. The Bertz CT molecular complexity index is 624. The van der Waals surface area contributed by atoms with Gasteiger partial charge in [0, 0.05) is 0 Å². The molecule has 0 spiro atoms. The molecule has 28 heavy (non-hydrogen) atoms. The van der Waals surface area contributed by atoms with Gasteiger partial charge in [-0.3, -0.25) is 4.89 Å². The third kappa shape index (κ3) is 6.82. The zero-order valence-electron chi connectivity index (χ0n) is 17.3. The number of carbonyl (C=O) groups is 2. The van der Waals surface area contributed by atoms with Gasteiger partial charge < -0.3 is 4.74 Å². The van der Waals surface area contributed by atoms with Crippen LogP contribution in [0.3, 0.4) is 0 Å². The molecule has 0 N–H and O–H groups in total. The molecule has 1 aromatic rings. The minimum absolute atomic E-state index is 0.216. The summed E-state index contributed by atoms with van der Waals surface area (Å²) in [6.07, 6.45) is 4.91. The van der Waals surface area contributed by atoms with Crippen molar-refractivity contribution >= 4 is 12.1 Å². The van der Waals surface area contributed by atoms with E-state index < -0.39 is 12.1 Å². The molecule has 0 amide bonds. The predicted octanol–water partition coefficient (Wildman–Crippen LogP) is 5.65. The van der Waals surface area contributed by atoms with E-state index in [0.29, 0.717) is 17.4 Å². The van der Waals surface area contributed by atoms with Gasteiger partial charge in [0.1, 0.15) is 6.10 Å². The SMILES string of the molecule is CCCCc1ccc(C(=O)OOOC(=O)OC2CC(C)CCC2C(C)C)cc1. The molecule has 1 aliphatic rings. The Morgan fingerprint density at radius 2 is 1.82 bits per heavy atom. The zero-order chi connectivity index (χ0) is 20.5. The van der Waals surface area contributed by atoms with Crippen LogP contribution in [0.25, 0.3) is 0 Å². The molecule has 0 bridgehead atoms. The highest BCUT2D eigenvalue weighted by molar-refractivity contribution is 5.88. The predicted molar refractivity (Wildman–Crippen MR) is 104 cm³/mol. The molecule has 0 heterocycles. The fourth-order valence-corrected chi connectivity index (χ4v) is 3.71. The molecular formula is C22H32O6. The van der Waals surface area contributed by atoms with Crippen molar-refractivity contribution in [1.29, 1.82) is 0 Å². The molecule has 6 heteroatoms. The molecule has 1 aliphatic carbocycles. The summed E-state index contributed by atoms with van der Waals surface area (Å²) in [6, 6.07) is 7.06. The van der Waals surface area contributed by atoms with E-state index in [1.54, 1.807) is 12.1 Å². The van der Waals surface area contributed by atoms with E-state index in [1.165, 1.54) is 0 Å². The standard InChI is InChI=1S/C22H32O6/c1-5-6-7-17-9-11-18(12-10-17)21(23)26-28-27-22(24)25-20-14-16(4)8-13-19(20)15(2)3/h9-12,15-16,19-20H,5-8,13-14H2,1-4H3. The van der Waals surface area contributed by atoms with Gasteiger partial charge in [0.25, 0.3) is 0 Å². The lowest BCUT2D eigenvalue weighted by atomic mass is 9.75. The van der Waals surface area contributed by atoms with Crippen LogP contribution in [0.1, 0.15) is 75.7 Å². The normalized spacial score (nSPS) is 22.0. The van der Waals surface area contributed by atoms with Gasteiger partial charge in [-0.25, -0.2) is 14.5 Å². The van der Waals surface area contributed by atoms with Crippen LogP contribution >= 0.6 is 0 Å². The molecule has 0 aromatic heterocycles. The summed E-state index contributed by atoms with van der Waals surface area (Å²) in [5.74, 6) is 0.454. The van der Waals surface area contributed by atoms with Crippen molar-refractivity contribution in [1.82, 2.24) is 0 Å². The number of hydrogen-bond acceptors (Lipinski definition) is 6. The highest BCUT2D eigenvalue weighted by Crippen LogP contribution is 2.35. The van der Waals surface area contributed by atoms with E-state index in [9.17, 15) is 9.59 Å². The summed E-state index contributed by atoms with van der Waals surface area (Å²) in [5.41, 5.74) is 1.47. The van der Waals surface area contributed by atoms with Crippen molar-refractivity contribution in [3.63, 3.8) is 0 Å². The molecule has 1 aromatic carbocycles. The first-order chi connectivity index (χ1) is 13.4. The average molecular weight is 392 g/mol. The quantitative estimate of drug-likeness (QED) is 0.324. The van der Waals surface area contributed by atoms with Crippen LogP contribution in [0.2, 0.25) is 0 Å². The highest BCUT2D eigenvalue weighted by Gasteiger charge is 2.34. The first kappa shape index (κ1) is 22.2. The van der Waals surface area contributed by atoms with Gasteiger partial charge in [-0.2, -0.15) is 0 Å². The van der Waals surface area contributed by atoms with Gasteiger partial charge in [0.05, 0.1) is 10.6 Å². The van der Waals surface area contributed by atoms with Gasteiger partial charge >= 0.3 is 12.1 Å². The maximum Gasteiger partial charge on any atom is 0.543 e.